The van der Waals surface area contributed by atoms with Gasteiger partial charge >= 0.3 is 0 Å². The molecule has 0 saturated heterocycles. The third-order valence-electron chi connectivity index (χ3n) is 3.13. The Morgan fingerprint density at radius 3 is 2.73 bits per heavy atom. The summed E-state index contributed by atoms with van der Waals surface area (Å²) in [5.41, 5.74) is 1.41. The Bertz CT molecular complexity index is 266. The molecule has 0 bridgehead atoms. The van der Waals surface area contributed by atoms with Gasteiger partial charge in [0.2, 0.25) is 0 Å². The highest BCUT2D eigenvalue weighted by Crippen LogP contribution is 2.25. The molecule has 2 nitrogen and oxygen atoms in total. The number of rotatable bonds is 3. The van der Waals surface area contributed by atoms with Crippen molar-refractivity contribution in [3.63, 3.8) is 0 Å². The Morgan fingerprint density at radius 2 is 2.07 bits per heavy atom. The molecule has 2 rings (SSSR count). The summed E-state index contributed by atoms with van der Waals surface area (Å²) in [6, 6.07) is 0. The molecule has 0 radical (unpaired) electrons. The van der Waals surface area contributed by atoms with Crippen molar-refractivity contribution >= 4 is 0 Å². The molecule has 1 N–H and O–H groups in total. The van der Waals surface area contributed by atoms with E-state index in [1.807, 2.05) is 6.08 Å². The summed E-state index contributed by atoms with van der Waals surface area (Å²) in [4.78, 5) is 0. The van der Waals surface area contributed by atoms with Crippen LogP contribution < -0.4 is 0 Å². The number of aliphatic hydroxyl groups is 1. The molecule has 0 spiro atoms. The zero-order chi connectivity index (χ0) is 10.5. The van der Waals surface area contributed by atoms with E-state index in [9.17, 15) is 5.11 Å². The van der Waals surface area contributed by atoms with Crippen LogP contribution in [0.3, 0.4) is 0 Å². The van der Waals surface area contributed by atoms with E-state index in [4.69, 9.17) is 4.74 Å². The van der Waals surface area contributed by atoms with Crippen LogP contribution in [-0.2, 0) is 4.74 Å². The van der Waals surface area contributed by atoms with Crippen molar-refractivity contribution in [1.82, 2.24) is 0 Å². The van der Waals surface area contributed by atoms with E-state index in [0.29, 0.717) is 0 Å². The van der Waals surface area contributed by atoms with E-state index in [1.165, 1.54) is 24.8 Å². The van der Waals surface area contributed by atoms with Gasteiger partial charge in [0.1, 0.15) is 11.9 Å². The summed E-state index contributed by atoms with van der Waals surface area (Å²) in [5.74, 6) is 0.799. The summed E-state index contributed by atoms with van der Waals surface area (Å²) in [6.07, 6.45) is 11.7. The van der Waals surface area contributed by atoms with Crippen LogP contribution in [0.4, 0.5) is 0 Å². The molecule has 0 aromatic carbocycles. The van der Waals surface area contributed by atoms with Gasteiger partial charge in [-0.25, -0.2) is 0 Å². The van der Waals surface area contributed by atoms with Crippen molar-refractivity contribution < 1.29 is 9.84 Å². The van der Waals surface area contributed by atoms with Crippen LogP contribution in [0.2, 0.25) is 0 Å². The van der Waals surface area contributed by atoms with Gasteiger partial charge in [-0.05, 0) is 44.6 Å². The Balaban J connectivity index is 1.87. The molecule has 0 aromatic heterocycles. The van der Waals surface area contributed by atoms with Gasteiger partial charge in [-0.1, -0.05) is 11.6 Å². The molecule has 1 unspecified atom stereocenters. The van der Waals surface area contributed by atoms with E-state index in [1.54, 1.807) is 0 Å². The van der Waals surface area contributed by atoms with Crippen LogP contribution in [0.1, 0.15) is 44.9 Å². The SMILES string of the molecule is OC(CC1=CCCCC1)C1=CCCCO1. The van der Waals surface area contributed by atoms with Crippen LogP contribution >= 0.6 is 0 Å². The molecule has 0 saturated carbocycles. The fraction of sp³-hybridized carbons (Fsp3) is 0.692. The minimum atomic E-state index is -0.408. The molecule has 1 aliphatic carbocycles. The Morgan fingerprint density at radius 1 is 1.20 bits per heavy atom. The number of hydrogen-bond acceptors (Lipinski definition) is 2. The van der Waals surface area contributed by atoms with Crippen molar-refractivity contribution in [2.24, 2.45) is 0 Å². The van der Waals surface area contributed by atoms with Crippen LogP contribution in [0.5, 0.6) is 0 Å². The third kappa shape index (κ3) is 3.10. The fourth-order valence-electron chi connectivity index (χ4n) is 2.25. The molecule has 0 aromatic rings. The number of aliphatic hydroxyl groups excluding tert-OH is 1. The molecule has 1 atom stereocenters. The Hall–Kier alpha value is -0.760. The van der Waals surface area contributed by atoms with E-state index < -0.39 is 6.10 Å². The molecule has 84 valence electrons. The first kappa shape index (κ1) is 10.7. The highest BCUT2D eigenvalue weighted by Gasteiger charge is 2.17. The van der Waals surface area contributed by atoms with Gasteiger partial charge in [0.25, 0.3) is 0 Å². The lowest BCUT2D eigenvalue weighted by Gasteiger charge is -2.22. The smallest absolute Gasteiger partial charge is 0.121 e. The largest absolute Gasteiger partial charge is 0.495 e. The second-order valence-electron chi connectivity index (χ2n) is 4.43. The van der Waals surface area contributed by atoms with Gasteiger partial charge < -0.3 is 9.84 Å². The molecule has 0 fully saturated rings. The van der Waals surface area contributed by atoms with Crippen LogP contribution in [-0.4, -0.2) is 17.8 Å². The molecule has 1 heterocycles. The maximum Gasteiger partial charge on any atom is 0.121 e. The first-order valence-corrected chi connectivity index (χ1v) is 6.05. The van der Waals surface area contributed by atoms with Gasteiger partial charge in [-0.15, -0.1) is 0 Å². The Labute approximate surface area is 91.6 Å². The zero-order valence-corrected chi connectivity index (χ0v) is 9.24. The fourth-order valence-corrected chi connectivity index (χ4v) is 2.25. The topological polar surface area (TPSA) is 29.5 Å². The van der Waals surface area contributed by atoms with Crippen LogP contribution in [0.15, 0.2) is 23.5 Å². The second kappa shape index (κ2) is 5.36. The zero-order valence-electron chi connectivity index (χ0n) is 9.24. The van der Waals surface area contributed by atoms with Gasteiger partial charge in [-0.2, -0.15) is 0 Å². The van der Waals surface area contributed by atoms with E-state index in [2.05, 4.69) is 6.08 Å². The molecule has 0 amide bonds. The summed E-state index contributed by atoms with van der Waals surface area (Å²) < 4.78 is 5.47. The minimum Gasteiger partial charge on any atom is -0.495 e. The first-order chi connectivity index (χ1) is 7.36. The minimum absolute atomic E-state index is 0.408. The highest BCUT2D eigenvalue weighted by molar-refractivity contribution is 5.12. The van der Waals surface area contributed by atoms with E-state index in [-0.39, 0.29) is 0 Å². The van der Waals surface area contributed by atoms with Gasteiger partial charge in [0.05, 0.1) is 6.61 Å². The van der Waals surface area contributed by atoms with Crippen molar-refractivity contribution in [2.45, 2.75) is 51.0 Å². The summed E-state index contributed by atoms with van der Waals surface area (Å²) in [7, 11) is 0. The van der Waals surface area contributed by atoms with Gasteiger partial charge in [-0.3, -0.25) is 0 Å². The van der Waals surface area contributed by atoms with E-state index in [0.717, 1.165) is 38.0 Å². The average molecular weight is 208 g/mol. The molecular formula is C13H20O2. The van der Waals surface area contributed by atoms with Crippen molar-refractivity contribution in [2.75, 3.05) is 6.61 Å². The van der Waals surface area contributed by atoms with Crippen molar-refractivity contribution in [3.05, 3.63) is 23.5 Å². The molecule has 15 heavy (non-hydrogen) atoms. The average Bonchev–Trinajstić information content (AvgIpc) is 2.31. The predicted octanol–water partition coefficient (Wildman–Crippen LogP) is 2.93. The number of ether oxygens (including phenoxy) is 1. The third-order valence-corrected chi connectivity index (χ3v) is 3.13. The number of hydrogen-bond donors (Lipinski definition) is 1. The predicted molar refractivity (Wildman–Crippen MR) is 60.4 cm³/mol. The second-order valence-corrected chi connectivity index (χ2v) is 4.43. The lowest BCUT2D eigenvalue weighted by atomic mass is 9.94. The van der Waals surface area contributed by atoms with E-state index >= 15 is 0 Å². The van der Waals surface area contributed by atoms with Crippen molar-refractivity contribution in [1.29, 1.82) is 0 Å². The summed E-state index contributed by atoms with van der Waals surface area (Å²) in [5, 5.41) is 9.99. The van der Waals surface area contributed by atoms with Crippen LogP contribution in [0.25, 0.3) is 0 Å². The Kier molecular flexibility index (Phi) is 3.84. The lowest BCUT2D eigenvalue weighted by molar-refractivity contribution is 0.0911. The van der Waals surface area contributed by atoms with Gasteiger partial charge in [0, 0.05) is 6.42 Å². The summed E-state index contributed by atoms with van der Waals surface area (Å²) >= 11 is 0. The maximum absolute atomic E-state index is 9.99. The first-order valence-electron chi connectivity index (χ1n) is 6.05. The monoisotopic (exact) mass is 208 g/mol. The molecule has 2 heteroatoms. The van der Waals surface area contributed by atoms with Crippen LogP contribution in [0, 0.1) is 0 Å². The highest BCUT2D eigenvalue weighted by atomic mass is 16.5. The maximum atomic E-state index is 9.99. The standard InChI is InChI=1S/C13H20O2/c14-12(13-8-4-5-9-15-13)10-11-6-2-1-3-7-11/h6,8,12,14H,1-5,7,9-10H2. The van der Waals surface area contributed by atoms with Gasteiger partial charge in [0.15, 0.2) is 0 Å². The molecule has 1 aliphatic heterocycles. The quantitative estimate of drug-likeness (QED) is 0.723. The lowest BCUT2D eigenvalue weighted by Crippen LogP contribution is -2.17. The normalized spacial score (nSPS) is 23.8. The molecule has 2 aliphatic rings. The summed E-state index contributed by atoms with van der Waals surface area (Å²) in [6.45, 7) is 0.766. The van der Waals surface area contributed by atoms with Crippen molar-refractivity contribution in [3.8, 4) is 0 Å². The number of allylic oxidation sites excluding steroid dienone is 2. The molecular weight excluding hydrogens is 188 g/mol.